The van der Waals surface area contributed by atoms with Gasteiger partial charge in [-0.15, -0.1) is 0 Å². The molecule has 232 valence electrons. The van der Waals surface area contributed by atoms with E-state index in [1.165, 1.54) is 16.9 Å². The van der Waals surface area contributed by atoms with Gasteiger partial charge in [0.15, 0.2) is 27.8 Å². The molecule has 0 spiro atoms. The highest BCUT2D eigenvalue weighted by atomic mass is 32.1. The molecule has 0 aliphatic carbocycles. The number of allylic oxidation sites excluding steroid dienone is 1. The van der Waals surface area contributed by atoms with E-state index in [1.807, 2.05) is 60.7 Å². The summed E-state index contributed by atoms with van der Waals surface area (Å²) in [6, 6.07) is 18.6. The van der Waals surface area contributed by atoms with E-state index >= 15 is 0 Å². The van der Waals surface area contributed by atoms with E-state index in [0.29, 0.717) is 56.1 Å². The number of ether oxygens (including phenoxy) is 5. The number of aromatic nitrogens is 1. The van der Waals surface area contributed by atoms with Gasteiger partial charge in [-0.25, -0.2) is 9.79 Å². The Balaban J connectivity index is 1.34. The Labute approximate surface area is 264 Å². The number of thiazole rings is 1. The molecule has 6 rings (SSSR count). The molecule has 10 heteroatoms. The summed E-state index contributed by atoms with van der Waals surface area (Å²) in [6.07, 6.45) is 1.80. The van der Waals surface area contributed by atoms with E-state index in [2.05, 4.69) is 18.8 Å². The number of fused-ring (bicyclic) bond motifs is 2. The fourth-order valence-electron chi connectivity index (χ4n) is 5.41. The number of carbonyl (C=O) groups is 1. The van der Waals surface area contributed by atoms with E-state index in [-0.39, 0.29) is 19.0 Å². The molecule has 0 saturated heterocycles. The van der Waals surface area contributed by atoms with E-state index in [9.17, 15) is 9.59 Å². The molecule has 9 nitrogen and oxygen atoms in total. The minimum Gasteiger partial charge on any atom is -0.493 e. The number of carbonyl (C=O) groups excluding carboxylic acids is 1. The van der Waals surface area contributed by atoms with Crippen molar-refractivity contribution >= 4 is 23.4 Å². The van der Waals surface area contributed by atoms with Crippen LogP contribution in [0.15, 0.2) is 81.7 Å². The molecule has 0 unspecified atom stereocenters. The standard InChI is InChI=1S/C35H34N2O7S/c1-6-41-34(39)31-21(4)36-35-37(32(31)25-11-9-24(10-12-25)20(2)3)33(38)30(45-35)17-22-7-13-26(28(15-22)40-5)42-18-23-8-14-27-29(16-23)44-19-43-27/h7-17,20,32H,6,18-19H2,1-5H3/b30-17-/t32-/m1/s1. The molecule has 3 heterocycles. The van der Waals surface area contributed by atoms with Gasteiger partial charge >= 0.3 is 5.97 Å². The second-order valence-electron chi connectivity index (χ2n) is 11.0. The average Bonchev–Trinajstić information content (AvgIpc) is 3.63. The molecule has 0 N–H and O–H groups in total. The van der Waals surface area contributed by atoms with Gasteiger partial charge < -0.3 is 23.7 Å². The number of methoxy groups -OCH3 is 1. The van der Waals surface area contributed by atoms with Crippen LogP contribution < -0.4 is 33.8 Å². The van der Waals surface area contributed by atoms with Gasteiger partial charge in [-0.3, -0.25) is 9.36 Å². The molecular formula is C35H34N2O7S. The third kappa shape index (κ3) is 5.98. The van der Waals surface area contributed by atoms with Gasteiger partial charge in [-0.1, -0.05) is 61.6 Å². The Hall–Kier alpha value is -4.83. The number of esters is 1. The normalized spacial score (nSPS) is 15.6. The van der Waals surface area contributed by atoms with Crippen LogP contribution >= 0.6 is 11.3 Å². The fraction of sp³-hybridized carbons (Fsp3) is 0.286. The number of rotatable bonds is 9. The van der Waals surface area contributed by atoms with Crippen molar-refractivity contribution in [1.29, 1.82) is 0 Å². The second kappa shape index (κ2) is 12.6. The minimum atomic E-state index is -0.662. The van der Waals surface area contributed by atoms with E-state index in [0.717, 1.165) is 16.7 Å². The second-order valence-corrected chi connectivity index (χ2v) is 12.0. The molecular weight excluding hydrogens is 592 g/mol. The number of benzene rings is 3. The Morgan fingerprint density at radius 1 is 1.07 bits per heavy atom. The molecule has 2 aliphatic rings. The number of hydrogen-bond donors (Lipinski definition) is 0. The maximum atomic E-state index is 14.0. The molecule has 0 amide bonds. The lowest BCUT2D eigenvalue weighted by atomic mass is 9.93. The molecule has 0 radical (unpaired) electrons. The zero-order chi connectivity index (χ0) is 31.7. The summed E-state index contributed by atoms with van der Waals surface area (Å²) in [4.78, 5) is 32.4. The SMILES string of the molecule is CCOC(=O)C1=C(C)N=c2s/c(=C\c3ccc(OCc4ccc5c(c4)OCO5)c(OC)c3)c(=O)n2[C@@H]1c1ccc(C(C)C)cc1. The van der Waals surface area contributed by atoms with Crippen LogP contribution in [0.25, 0.3) is 6.08 Å². The van der Waals surface area contributed by atoms with Crippen LogP contribution in [0, 0.1) is 0 Å². The van der Waals surface area contributed by atoms with Crippen molar-refractivity contribution in [1.82, 2.24) is 4.57 Å². The van der Waals surface area contributed by atoms with Crippen molar-refractivity contribution in [3.05, 3.63) is 114 Å². The van der Waals surface area contributed by atoms with Crippen molar-refractivity contribution in [3.8, 4) is 23.0 Å². The van der Waals surface area contributed by atoms with E-state index < -0.39 is 12.0 Å². The fourth-order valence-corrected chi connectivity index (χ4v) is 6.45. The summed E-state index contributed by atoms with van der Waals surface area (Å²) in [7, 11) is 1.57. The largest absolute Gasteiger partial charge is 0.493 e. The molecule has 2 aliphatic heterocycles. The zero-order valence-electron chi connectivity index (χ0n) is 25.8. The summed E-state index contributed by atoms with van der Waals surface area (Å²) in [6.45, 7) is 8.54. The van der Waals surface area contributed by atoms with Crippen molar-refractivity contribution in [2.24, 2.45) is 4.99 Å². The number of hydrogen-bond acceptors (Lipinski definition) is 9. The zero-order valence-corrected chi connectivity index (χ0v) is 26.6. The van der Waals surface area contributed by atoms with Crippen molar-refractivity contribution < 1.29 is 28.5 Å². The van der Waals surface area contributed by atoms with Crippen LogP contribution in [0.2, 0.25) is 0 Å². The third-order valence-corrected chi connectivity index (χ3v) is 8.74. The lowest BCUT2D eigenvalue weighted by molar-refractivity contribution is -0.139. The molecule has 3 aromatic carbocycles. The summed E-state index contributed by atoms with van der Waals surface area (Å²) in [5.41, 5.74) is 4.32. The van der Waals surface area contributed by atoms with Crippen LogP contribution in [0.1, 0.15) is 61.9 Å². The highest BCUT2D eigenvalue weighted by molar-refractivity contribution is 7.07. The first-order valence-electron chi connectivity index (χ1n) is 14.8. The summed E-state index contributed by atoms with van der Waals surface area (Å²) in [5.74, 6) is 2.37. The first kappa shape index (κ1) is 30.2. The highest BCUT2D eigenvalue weighted by Crippen LogP contribution is 2.34. The van der Waals surface area contributed by atoms with Crippen LogP contribution in [0.3, 0.4) is 0 Å². The predicted octanol–water partition coefficient (Wildman–Crippen LogP) is 5.24. The van der Waals surface area contributed by atoms with Crippen molar-refractivity contribution in [2.75, 3.05) is 20.5 Å². The topological polar surface area (TPSA) is 97.6 Å². The van der Waals surface area contributed by atoms with E-state index in [4.69, 9.17) is 23.7 Å². The molecule has 1 atom stereocenters. The number of nitrogens with zero attached hydrogens (tertiary/aromatic N) is 2. The van der Waals surface area contributed by atoms with Gasteiger partial charge in [0.05, 0.1) is 35.6 Å². The molecule has 0 fully saturated rings. The smallest absolute Gasteiger partial charge is 0.338 e. The maximum absolute atomic E-state index is 14.0. The van der Waals surface area contributed by atoms with Gasteiger partial charge in [0.1, 0.15) is 6.61 Å². The Bertz CT molecular complexity index is 1970. The third-order valence-electron chi connectivity index (χ3n) is 7.75. The Morgan fingerprint density at radius 2 is 1.84 bits per heavy atom. The molecule has 0 bridgehead atoms. The summed E-state index contributed by atoms with van der Waals surface area (Å²) >= 11 is 1.28. The van der Waals surface area contributed by atoms with Gasteiger partial charge in [-0.05, 0) is 72.4 Å². The quantitative estimate of drug-likeness (QED) is 0.235. The van der Waals surface area contributed by atoms with Gasteiger partial charge in [0, 0.05) is 0 Å². The lowest BCUT2D eigenvalue weighted by Gasteiger charge is -2.25. The first-order chi connectivity index (χ1) is 21.8. The average molecular weight is 627 g/mol. The lowest BCUT2D eigenvalue weighted by Crippen LogP contribution is -2.39. The van der Waals surface area contributed by atoms with Crippen molar-refractivity contribution in [2.45, 2.75) is 46.3 Å². The van der Waals surface area contributed by atoms with Gasteiger partial charge in [0.25, 0.3) is 5.56 Å². The van der Waals surface area contributed by atoms with Crippen LogP contribution in [0.4, 0.5) is 0 Å². The summed E-state index contributed by atoms with van der Waals surface area (Å²) < 4.78 is 30.0. The van der Waals surface area contributed by atoms with Crippen LogP contribution in [0.5, 0.6) is 23.0 Å². The van der Waals surface area contributed by atoms with Gasteiger partial charge in [0.2, 0.25) is 6.79 Å². The molecule has 0 saturated carbocycles. The van der Waals surface area contributed by atoms with Crippen molar-refractivity contribution in [3.63, 3.8) is 0 Å². The molecule has 4 aromatic rings. The predicted molar refractivity (Wildman–Crippen MR) is 171 cm³/mol. The highest BCUT2D eigenvalue weighted by Gasteiger charge is 2.33. The maximum Gasteiger partial charge on any atom is 0.338 e. The van der Waals surface area contributed by atoms with E-state index in [1.54, 1.807) is 31.6 Å². The monoisotopic (exact) mass is 626 g/mol. The minimum absolute atomic E-state index is 0.213. The molecule has 1 aromatic heterocycles. The summed E-state index contributed by atoms with van der Waals surface area (Å²) in [5, 5.41) is 0. The molecule has 45 heavy (non-hydrogen) atoms. The van der Waals surface area contributed by atoms with Gasteiger partial charge in [-0.2, -0.15) is 0 Å². The van der Waals surface area contributed by atoms with Crippen LogP contribution in [-0.2, 0) is 16.1 Å². The van der Waals surface area contributed by atoms with Crippen LogP contribution in [-0.4, -0.2) is 31.0 Å². The Morgan fingerprint density at radius 3 is 2.58 bits per heavy atom. The Kier molecular flexibility index (Phi) is 8.49. The first-order valence-corrected chi connectivity index (χ1v) is 15.6.